The van der Waals surface area contributed by atoms with E-state index in [-0.39, 0.29) is 45.9 Å². The lowest BCUT2D eigenvalue weighted by Gasteiger charge is -2.32. The van der Waals surface area contributed by atoms with Crippen LogP contribution in [0.2, 0.25) is 40.2 Å². The molecule has 0 aliphatic carbocycles. The first-order chi connectivity index (χ1) is 64.3. The zero-order chi connectivity index (χ0) is 93.7. The van der Waals surface area contributed by atoms with E-state index in [1.54, 1.807) is 146 Å². The molecule has 36 heteroatoms. The van der Waals surface area contributed by atoms with Crippen LogP contribution in [0.15, 0.2) is 243 Å². The second kappa shape index (κ2) is 49.5. The van der Waals surface area contributed by atoms with Gasteiger partial charge in [-0.3, -0.25) is 58.0 Å². The van der Waals surface area contributed by atoms with Gasteiger partial charge in [0.1, 0.15) is 23.3 Å². The molecule has 4 aliphatic rings. The molecule has 8 aromatic carbocycles. The van der Waals surface area contributed by atoms with E-state index in [1.165, 1.54) is 54.6 Å². The van der Waals surface area contributed by atoms with E-state index in [0.29, 0.717) is 108 Å². The van der Waals surface area contributed by atoms with Crippen molar-refractivity contribution in [1.29, 1.82) is 0 Å². The molecule has 0 spiro atoms. The number of morpholine rings is 1. The van der Waals surface area contributed by atoms with Gasteiger partial charge in [-0.1, -0.05) is 141 Å². The molecule has 686 valence electrons. The molecule has 4 saturated heterocycles. The third-order valence-electron chi connectivity index (χ3n) is 21.3. The van der Waals surface area contributed by atoms with Crippen molar-refractivity contribution in [3.8, 4) is 0 Å². The van der Waals surface area contributed by atoms with Gasteiger partial charge in [-0.2, -0.15) is 11.8 Å². The maximum Gasteiger partial charge on any atom is 0.258 e. The zero-order valence-corrected chi connectivity index (χ0v) is 78.7. The smallest absolute Gasteiger partial charge is 0.258 e. The number of carbonyl (C=O) groups is 8. The largest absolute Gasteiger partial charge is 0.379 e. The van der Waals surface area contributed by atoms with Crippen LogP contribution in [0.3, 0.4) is 0 Å². The number of anilines is 8. The number of carbonyl (C=O) groups excluding carboxylic acids is 8. The van der Waals surface area contributed by atoms with E-state index < -0.39 is 23.6 Å². The summed E-state index contributed by atoms with van der Waals surface area (Å²) in [5.74, 6) is 0.594. The first-order valence-electron chi connectivity index (χ1n) is 42.3. The summed E-state index contributed by atoms with van der Waals surface area (Å²) in [5.41, 5.74) is 8.88. The number of nitrogens with zero attached hydrogens (tertiary/aromatic N) is 9. The highest BCUT2D eigenvalue weighted by Crippen LogP contribution is 2.30. The van der Waals surface area contributed by atoms with Crippen molar-refractivity contribution in [3.63, 3.8) is 0 Å². The first-order valence-corrected chi connectivity index (χ1v) is 46.4. The molecule has 4 aromatic heterocycles. The monoisotopic (exact) mass is 1960 g/mol. The number of amides is 8. The molecule has 133 heavy (non-hydrogen) atoms. The van der Waals surface area contributed by atoms with Crippen LogP contribution in [0.1, 0.15) is 105 Å². The Hall–Kier alpha value is -11.5. The molecule has 8 amide bonds. The number of rotatable bonds is 24. The second-order valence-corrected chi connectivity index (χ2v) is 35.7. The van der Waals surface area contributed by atoms with Crippen molar-refractivity contribution in [2.24, 2.45) is 0 Å². The number of hydrogen-bond donors (Lipinski definition) is 9. The van der Waals surface area contributed by atoms with Crippen molar-refractivity contribution in [1.82, 2.24) is 49.8 Å². The molecule has 0 saturated carbocycles. The average Bonchev–Trinajstić information content (AvgIpc) is 0.826. The maximum absolute atomic E-state index is 12.9. The van der Waals surface area contributed by atoms with Gasteiger partial charge in [0.2, 0.25) is 0 Å². The predicted octanol–water partition coefficient (Wildman–Crippen LogP) is 19.1. The van der Waals surface area contributed by atoms with E-state index in [9.17, 15) is 38.4 Å². The van der Waals surface area contributed by atoms with Crippen LogP contribution in [0.4, 0.5) is 46.0 Å². The molecular formula is C97H92Cl8N18O9S. The highest BCUT2D eigenvalue weighted by Gasteiger charge is 2.25. The van der Waals surface area contributed by atoms with Crippen LogP contribution in [0.5, 0.6) is 0 Å². The molecular weight excluding hydrogens is 1880 g/mol. The molecule has 4 fully saturated rings. The molecule has 0 atom stereocenters. The summed E-state index contributed by atoms with van der Waals surface area (Å²) in [6.07, 6.45) is 5.74. The Morgan fingerprint density at radius 1 is 0.293 bits per heavy atom. The van der Waals surface area contributed by atoms with Gasteiger partial charge >= 0.3 is 0 Å². The van der Waals surface area contributed by atoms with Gasteiger partial charge in [0.05, 0.1) is 78.3 Å². The van der Waals surface area contributed by atoms with Crippen molar-refractivity contribution in [3.05, 3.63) is 350 Å². The van der Waals surface area contributed by atoms with Crippen LogP contribution in [-0.2, 0) is 30.9 Å². The van der Waals surface area contributed by atoms with Crippen molar-refractivity contribution in [2.75, 3.05) is 153 Å². The van der Waals surface area contributed by atoms with Crippen LogP contribution in [0, 0.1) is 0 Å². The van der Waals surface area contributed by atoms with Gasteiger partial charge in [0.15, 0.2) is 0 Å². The third kappa shape index (κ3) is 30.8. The number of hydrogen-bond acceptors (Lipinski definition) is 20. The number of nitrogens with one attached hydrogen (secondary N) is 9. The molecule has 0 bridgehead atoms. The highest BCUT2D eigenvalue weighted by molar-refractivity contribution is 7.99. The lowest BCUT2D eigenvalue weighted by Crippen LogP contribution is -2.43. The van der Waals surface area contributed by atoms with Crippen molar-refractivity contribution in [2.45, 2.75) is 26.2 Å². The molecule has 0 radical (unpaired) electrons. The number of piperazine rings is 2. The molecule has 4 aliphatic heterocycles. The summed E-state index contributed by atoms with van der Waals surface area (Å²) in [6.45, 7) is 17.0. The summed E-state index contributed by atoms with van der Waals surface area (Å²) in [5, 5.41) is 28.7. The Morgan fingerprint density at radius 3 is 0.805 bits per heavy atom. The van der Waals surface area contributed by atoms with Gasteiger partial charge in [0, 0.05) is 183 Å². The van der Waals surface area contributed by atoms with Crippen LogP contribution >= 0.6 is 105 Å². The maximum atomic E-state index is 12.9. The number of benzene rings is 8. The summed E-state index contributed by atoms with van der Waals surface area (Å²) in [6, 6.07) is 61.7. The fraction of sp³-hybridized carbons (Fsp3) is 0.216. The first kappa shape index (κ1) is 99.0. The highest BCUT2D eigenvalue weighted by atomic mass is 35.5. The summed E-state index contributed by atoms with van der Waals surface area (Å²) < 4.78 is 5.38. The SMILES string of the molecule is CN1CCN(Cc2ccc(C(=O)Nc3ccc(Cl)cc3C(=O)Nc3ccc(Cl)cn3)cc2)CC1.O=C(Nc1ccc(Cl)cc1C(=O)Nc1ccc(Cl)cn1)c1ccc(CN2CCNCC2)cc1.O=C(Nc1ccc(Cl)cc1C(=O)Nc1ccc(Cl)cn1)c1ccc(CN2CCOCC2)cc1.O=C(Nc1ccc(Cl)cc1C(=O)Nc1ccc(Cl)cn1)c1ccc(CN2CCSCC2)cc1. The number of likely N-dealkylation sites (N-methyl/N-ethyl adjacent to an activating group) is 1. The number of ether oxygens (including phenoxy) is 1. The van der Waals surface area contributed by atoms with E-state index in [1.807, 2.05) is 60.3 Å². The Balaban J connectivity index is 0.000000151. The van der Waals surface area contributed by atoms with Crippen LogP contribution in [-0.4, -0.2) is 202 Å². The van der Waals surface area contributed by atoms with E-state index in [4.69, 9.17) is 97.5 Å². The number of pyridine rings is 4. The minimum atomic E-state index is -0.455. The lowest BCUT2D eigenvalue weighted by molar-refractivity contribution is 0.0342. The summed E-state index contributed by atoms with van der Waals surface area (Å²) in [7, 11) is 2.13. The fourth-order valence-electron chi connectivity index (χ4n) is 14.0. The topological polar surface area (TPSA) is 322 Å². The van der Waals surface area contributed by atoms with E-state index >= 15 is 0 Å². The Kier molecular flexibility index (Phi) is 36.8. The number of aromatic nitrogens is 4. The Morgan fingerprint density at radius 2 is 0.541 bits per heavy atom. The van der Waals surface area contributed by atoms with Gasteiger partial charge in [0.25, 0.3) is 47.3 Å². The van der Waals surface area contributed by atoms with Crippen LogP contribution < -0.4 is 47.9 Å². The predicted molar refractivity (Wildman–Crippen MR) is 532 cm³/mol. The number of halogens is 8. The third-order valence-corrected chi connectivity index (χ3v) is 24.1. The average molecular weight is 1970 g/mol. The Labute approximate surface area is 813 Å². The van der Waals surface area contributed by atoms with E-state index in [2.05, 4.69) is 99.3 Å². The standard InChI is InChI=1S/C25H25Cl2N5O2.C24H23Cl2N5O2.C24H22Cl2N4O3.C24H22Cl2N4O2S/c1-31-10-12-32(13-11-31)16-17-2-4-18(5-3-17)24(33)29-22-8-6-19(26)14-21(22)25(34)30-23-9-7-20(27)15-28-23;25-18-5-7-21(20(13-18)24(33)30-22-8-6-19(26)14-28-22)29-23(32)17-3-1-16(2-4-17)15-31-11-9-27-10-12-31;2*25-18-5-7-21(20(13-18)24(32)29-22-8-6-19(26)14-27-22)28-23(31)17-3-1-16(2-4-17)15-30-9-11-33-12-10-30/h2-9,14-15H,10-13,16H2,1H3,(H,29,33)(H,28,30,34);1-8,13-14,27H,9-12,15H2,(H,29,32)(H,28,30,33);2*1-8,13-14H,9-12,15H2,(H,28,31)(H,27,29,32). The van der Waals surface area contributed by atoms with Gasteiger partial charge in [-0.15, -0.1) is 0 Å². The van der Waals surface area contributed by atoms with E-state index in [0.717, 1.165) is 146 Å². The second-order valence-electron chi connectivity index (χ2n) is 31.0. The number of thioether (sulfide) groups is 1. The quantitative estimate of drug-likeness (QED) is 0.0271. The lowest BCUT2D eigenvalue weighted by atomic mass is 10.1. The normalized spacial score (nSPS) is 14.1. The summed E-state index contributed by atoms with van der Waals surface area (Å²) >= 11 is 49.8. The fourth-order valence-corrected chi connectivity index (χ4v) is 16.2. The minimum absolute atomic E-state index is 0.219. The molecule has 16 rings (SSSR count). The molecule has 9 N–H and O–H groups in total. The minimum Gasteiger partial charge on any atom is -0.379 e. The van der Waals surface area contributed by atoms with Crippen molar-refractivity contribution >= 4 is 198 Å². The van der Waals surface area contributed by atoms with Crippen molar-refractivity contribution < 1.29 is 43.1 Å². The molecule has 0 unspecified atom stereocenters. The molecule has 27 nitrogen and oxygen atoms in total. The zero-order valence-electron chi connectivity index (χ0n) is 71.9. The molecule has 12 aromatic rings. The van der Waals surface area contributed by atoms with Gasteiger partial charge < -0.3 is 57.5 Å². The Bertz CT molecular complexity index is 5590. The summed E-state index contributed by atoms with van der Waals surface area (Å²) in [4.78, 5) is 131. The van der Waals surface area contributed by atoms with Gasteiger partial charge in [-0.25, -0.2) is 19.9 Å². The van der Waals surface area contributed by atoms with Crippen LogP contribution in [0.25, 0.3) is 0 Å². The molecule has 8 heterocycles. The van der Waals surface area contributed by atoms with Gasteiger partial charge in [-0.05, 0) is 199 Å².